The number of pyridine rings is 2. The van der Waals surface area contributed by atoms with Crippen molar-refractivity contribution < 1.29 is 4.79 Å². The highest BCUT2D eigenvalue weighted by Gasteiger charge is 2.24. The van der Waals surface area contributed by atoms with Crippen molar-refractivity contribution in [1.29, 1.82) is 0 Å². The maximum atomic E-state index is 12.4. The zero-order valence-corrected chi connectivity index (χ0v) is 13.8. The van der Waals surface area contributed by atoms with Gasteiger partial charge in [0, 0.05) is 46.6 Å². The Morgan fingerprint density at radius 2 is 2.27 bits per heavy atom. The summed E-state index contributed by atoms with van der Waals surface area (Å²) in [6.07, 6.45) is 2.47. The number of carbonyl (C=O) groups excluding carboxylic acids is 1. The second kappa shape index (κ2) is 5.36. The summed E-state index contributed by atoms with van der Waals surface area (Å²) in [5, 5.41) is 6.50. The SMILES string of the molecule is O=C(c1csnn1)N1CCc2nc3ncc(Br)cc3cc2C1. The van der Waals surface area contributed by atoms with E-state index in [1.54, 1.807) is 16.5 Å². The fourth-order valence-corrected chi connectivity index (χ4v) is 3.37. The molecule has 6 nitrogen and oxygen atoms in total. The molecule has 3 aromatic rings. The number of rotatable bonds is 1. The van der Waals surface area contributed by atoms with Crippen molar-refractivity contribution in [2.75, 3.05) is 6.54 Å². The van der Waals surface area contributed by atoms with Gasteiger partial charge >= 0.3 is 0 Å². The van der Waals surface area contributed by atoms with E-state index in [-0.39, 0.29) is 5.91 Å². The molecule has 0 N–H and O–H groups in total. The van der Waals surface area contributed by atoms with Crippen LogP contribution in [0.1, 0.15) is 21.7 Å². The van der Waals surface area contributed by atoms with Gasteiger partial charge in [-0.15, -0.1) is 5.10 Å². The summed E-state index contributed by atoms with van der Waals surface area (Å²) in [6.45, 7) is 1.18. The van der Waals surface area contributed by atoms with Gasteiger partial charge < -0.3 is 4.90 Å². The molecule has 0 bridgehead atoms. The quantitative estimate of drug-likeness (QED) is 0.653. The Balaban J connectivity index is 1.69. The van der Waals surface area contributed by atoms with Crippen molar-refractivity contribution in [2.24, 2.45) is 0 Å². The van der Waals surface area contributed by atoms with E-state index in [9.17, 15) is 4.79 Å². The van der Waals surface area contributed by atoms with E-state index in [4.69, 9.17) is 0 Å². The number of nitrogens with zero attached hydrogens (tertiary/aromatic N) is 5. The number of carbonyl (C=O) groups is 1. The van der Waals surface area contributed by atoms with Gasteiger partial charge in [-0.2, -0.15) is 0 Å². The molecule has 0 unspecified atom stereocenters. The van der Waals surface area contributed by atoms with Crippen LogP contribution in [0.15, 0.2) is 28.2 Å². The van der Waals surface area contributed by atoms with Crippen molar-refractivity contribution in [3.63, 3.8) is 0 Å². The molecule has 0 radical (unpaired) electrons. The Morgan fingerprint density at radius 1 is 1.36 bits per heavy atom. The monoisotopic (exact) mass is 375 g/mol. The van der Waals surface area contributed by atoms with Crippen LogP contribution in [0.4, 0.5) is 0 Å². The Bertz CT molecular complexity index is 867. The highest BCUT2D eigenvalue weighted by atomic mass is 79.9. The van der Waals surface area contributed by atoms with E-state index in [1.807, 2.05) is 6.07 Å². The standard InChI is InChI=1S/C14H10BrN5OS/c15-10-4-8-3-9-6-20(14(21)12-7-22-19-18-12)2-1-11(9)17-13(8)16-5-10/h3-5,7H,1-2,6H2. The molecule has 1 amide bonds. The van der Waals surface area contributed by atoms with Gasteiger partial charge in [0.15, 0.2) is 11.3 Å². The molecule has 0 aliphatic carbocycles. The minimum absolute atomic E-state index is 0.0770. The molecule has 110 valence electrons. The van der Waals surface area contributed by atoms with Crippen LogP contribution >= 0.6 is 27.5 Å². The predicted molar refractivity (Wildman–Crippen MR) is 85.6 cm³/mol. The summed E-state index contributed by atoms with van der Waals surface area (Å²) in [7, 11) is 0. The van der Waals surface area contributed by atoms with Crippen molar-refractivity contribution in [3.8, 4) is 0 Å². The van der Waals surface area contributed by atoms with Crippen molar-refractivity contribution in [1.82, 2.24) is 24.5 Å². The lowest BCUT2D eigenvalue weighted by Gasteiger charge is -2.27. The lowest BCUT2D eigenvalue weighted by atomic mass is 10.0. The molecule has 0 aromatic carbocycles. The first-order chi connectivity index (χ1) is 10.7. The molecular formula is C14H10BrN5OS. The molecule has 0 spiro atoms. The normalized spacial score (nSPS) is 14.1. The molecule has 0 atom stereocenters. The first-order valence-corrected chi connectivity index (χ1v) is 8.34. The summed E-state index contributed by atoms with van der Waals surface area (Å²) in [6, 6.07) is 4.05. The Kier molecular flexibility index (Phi) is 3.34. The smallest absolute Gasteiger partial charge is 0.275 e. The molecule has 0 fully saturated rings. The van der Waals surface area contributed by atoms with Crippen LogP contribution in [0, 0.1) is 0 Å². The van der Waals surface area contributed by atoms with Gasteiger partial charge in [-0.05, 0) is 45.2 Å². The Hall–Kier alpha value is -1.93. The molecule has 22 heavy (non-hydrogen) atoms. The van der Waals surface area contributed by atoms with Gasteiger partial charge in [-0.3, -0.25) is 4.79 Å². The summed E-state index contributed by atoms with van der Waals surface area (Å²) < 4.78 is 4.67. The summed E-state index contributed by atoms with van der Waals surface area (Å²) in [4.78, 5) is 23.1. The lowest BCUT2D eigenvalue weighted by molar-refractivity contribution is 0.0728. The van der Waals surface area contributed by atoms with Crippen molar-refractivity contribution in [2.45, 2.75) is 13.0 Å². The van der Waals surface area contributed by atoms with Crippen LogP contribution in [0.3, 0.4) is 0 Å². The molecular weight excluding hydrogens is 366 g/mol. The first-order valence-electron chi connectivity index (χ1n) is 6.71. The zero-order valence-electron chi connectivity index (χ0n) is 11.4. The van der Waals surface area contributed by atoms with E-state index in [1.165, 1.54) is 11.5 Å². The minimum atomic E-state index is -0.0770. The largest absolute Gasteiger partial charge is 0.332 e. The van der Waals surface area contributed by atoms with Crippen LogP contribution in [0.2, 0.25) is 0 Å². The van der Waals surface area contributed by atoms with Crippen LogP contribution in [-0.2, 0) is 13.0 Å². The number of halogens is 1. The van der Waals surface area contributed by atoms with Gasteiger partial charge in [-0.25, -0.2) is 9.97 Å². The van der Waals surface area contributed by atoms with E-state index in [2.05, 4.69) is 41.6 Å². The maximum absolute atomic E-state index is 12.4. The third-order valence-corrected chi connectivity index (χ3v) is 4.59. The van der Waals surface area contributed by atoms with Crippen molar-refractivity contribution >= 4 is 44.4 Å². The van der Waals surface area contributed by atoms with E-state index < -0.39 is 0 Å². The van der Waals surface area contributed by atoms with Crippen LogP contribution in [0.25, 0.3) is 11.0 Å². The molecule has 3 aromatic heterocycles. The predicted octanol–water partition coefficient (Wildman–Crippen LogP) is 2.44. The third kappa shape index (κ3) is 2.38. The highest BCUT2D eigenvalue weighted by molar-refractivity contribution is 9.10. The zero-order chi connectivity index (χ0) is 15.1. The minimum Gasteiger partial charge on any atom is -0.332 e. The number of hydrogen-bond acceptors (Lipinski definition) is 6. The molecule has 4 heterocycles. The fourth-order valence-electron chi connectivity index (χ4n) is 2.59. The molecule has 1 aliphatic rings. The highest BCUT2D eigenvalue weighted by Crippen LogP contribution is 2.24. The van der Waals surface area contributed by atoms with E-state index in [0.29, 0.717) is 18.8 Å². The first kappa shape index (κ1) is 13.7. The molecule has 8 heteroatoms. The van der Waals surface area contributed by atoms with Gasteiger partial charge in [0.25, 0.3) is 5.91 Å². The van der Waals surface area contributed by atoms with Crippen LogP contribution in [0.5, 0.6) is 0 Å². The molecule has 1 aliphatic heterocycles. The molecule has 0 saturated carbocycles. The van der Waals surface area contributed by atoms with Gasteiger partial charge in [0.05, 0.1) is 0 Å². The van der Waals surface area contributed by atoms with Crippen molar-refractivity contribution in [3.05, 3.63) is 45.1 Å². The number of hydrogen-bond donors (Lipinski definition) is 0. The Labute approximate surface area is 138 Å². The van der Waals surface area contributed by atoms with E-state index in [0.717, 1.165) is 33.2 Å². The number of amides is 1. The van der Waals surface area contributed by atoms with Gasteiger partial charge in [0.2, 0.25) is 0 Å². The summed E-state index contributed by atoms with van der Waals surface area (Å²) >= 11 is 4.61. The van der Waals surface area contributed by atoms with Crippen LogP contribution < -0.4 is 0 Å². The average molecular weight is 376 g/mol. The fraction of sp³-hybridized carbons (Fsp3) is 0.214. The molecule has 0 saturated heterocycles. The third-order valence-electron chi connectivity index (χ3n) is 3.65. The number of aromatic nitrogens is 4. The Morgan fingerprint density at radius 3 is 3.09 bits per heavy atom. The second-order valence-corrected chi connectivity index (χ2v) is 6.59. The van der Waals surface area contributed by atoms with Gasteiger partial charge in [-0.1, -0.05) is 4.49 Å². The average Bonchev–Trinajstić information content (AvgIpc) is 3.06. The number of fused-ring (bicyclic) bond motifs is 2. The maximum Gasteiger partial charge on any atom is 0.275 e. The second-order valence-electron chi connectivity index (χ2n) is 5.06. The van der Waals surface area contributed by atoms with Crippen LogP contribution in [-0.4, -0.2) is 36.9 Å². The molecule has 4 rings (SSSR count). The van der Waals surface area contributed by atoms with Gasteiger partial charge in [0.1, 0.15) is 0 Å². The topological polar surface area (TPSA) is 71.9 Å². The summed E-state index contributed by atoms with van der Waals surface area (Å²) in [5.41, 5.74) is 3.23. The lowest BCUT2D eigenvalue weighted by Crippen LogP contribution is -2.36. The van der Waals surface area contributed by atoms with E-state index >= 15 is 0 Å². The summed E-state index contributed by atoms with van der Waals surface area (Å²) in [5.74, 6) is -0.0770.